The SMILES string of the molecule is CCCCCC(CCOCCOC)NN. The summed E-state index contributed by atoms with van der Waals surface area (Å²) in [5.74, 6) is 5.47. The molecule has 0 radical (unpaired) electrons. The third kappa shape index (κ3) is 10.1. The third-order valence-electron chi connectivity index (χ3n) is 2.43. The zero-order chi connectivity index (χ0) is 11.4. The van der Waals surface area contributed by atoms with Gasteiger partial charge in [-0.3, -0.25) is 11.3 Å². The van der Waals surface area contributed by atoms with Gasteiger partial charge in [-0.2, -0.15) is 0 Å². The van der Waals surface area contributed by atoms with Crippen LogP contribution in [0.2, 0.25) is 0 Å². The van der Waals surface area contributed by atoms with E-state index in [0.29, 0.717) is 19.3 Å². The minimum Gasteiger partial charge on any atom is -0.382 e. The van der Waals surface area contributed by atoms with Crippen molar-refractivity contribution in [3.05, 3.63) is 0 Å². The summed E-state index contributed by atoms with van der Waals surface area (Å²) in [5, 5.41) is 0. The van der Waals surface area contributed by atoms with Crippen molar-refractivity contribution in [1.82, 2.24) is 5.43 Å². The van der Waals surface area contributed by atoms with E-state index in [0.717, 1.165) is 19.4 Å². The number of unbranched alkanes of at least 4 members (excludes halogenated alkanes) is 2. The molecule has 15 heavy (non-hydrogen) atoms. The van der Waals surface area contributed by atoms with Crippen LogP contribution in [-0.4, -0.2) is 33.0 Å². The van der Waals surface area contributed by atoms with E-state index in [4.69, 9.17) is 15.3 Å². The molecule has 3 N–H and O–H groups in total. The highest BCUT2D eigenvalue weighted by Crippen LogP contribution is 2.05. The van der Waals surface area contributed by atoms with Gasteiger partial charge in [0.2, 0.25) is 0 Å². The lowest BCUT2D eigenvalue weighted by Crippen LogP contribution is -2.36. The van der Waals surface area contributed by atoms with Crippen LogP contribution in [0.4, 0.5) is 0 Å². The highest BCUT2D eigenvalue weighted by Gasteiger charge is 2.05. The van der Waals surface area contributed by atoms with Crippen molar-refractivity contribution in [3.8, 4) is 0 Å². The molecule has 0 aromatic rings. The van der Waals surface area contributed by atoms with Crippen molar-refractivity contribution in [2.45, 2.75) is 45.1 Å². The summed E-state index contributed by atoms with van der Waals surface area (Å²) in [6.45, 7) is 4.29. The normalized spacial score (nSPS) is 13.0. The lowest BCUT2D eigenvalue weighted by molar-refractivity contribution is 0.0653. The maximum atomic E-state index is 5.47. The lowest BCUT2D eigenvalue weighted by Gasteiger charge is -2.15. The molecule has 1 atom stereocenters. The van der Waals surface area contributed by atoms with E-state index in [1.165, 1.54) is 19.3 Å². The molecule has 0 amide bonds. The fraction of sp³-hybridized carbons (Fsp3) is 1.00. The van der Waals surface area contributed by atoms with Gasteiger partial charge in [-0.05, 0) is 12.8 Å². The molecule has 0 aliphatic carbocycles. The molecule has 4 heteroatoms. The smallest absolute Gasteiger partial charge is 0.0700 e. The molecular weight excluding hydrogens is 192 g/mol. The first-order valence-corrected chi connectivity index (χ1v) is 5.88. The predicted octanol–water partition coefficient (Wildman–Crippen LogP) is 1.45. The van der Waals surface area contributed by atoms with Crippen molar-refractivity contribution in [3.63, 3.8) is 0 Å². The molecule has 0 rings (SSSR count). The number of ether oxygens (including phenoxy) is 2. The standard InChI is InChI=1S/C11H26N2O2/c1-3-4-5-6-11(13-12)7-8-15-10-9-14-2/h11,13H,3-10,12H2,1-2H3. The van der Waals surface area contributed by atoms with Crippen molar-refractivity contribution in [2.75, 3.05) is 26.9 Å². The van der Waals surface area contributed by atoms with Crippen LogP contribution in [0.5, 0.6) is 0 Å². The number of rotatable bonds is 11. The van der Waals surface area contributed by atoms with Crippen molar-refractivity contribution in [1.29, 1.82) is 0 Å². The summed E-state index contributed by atoms with van der Waals surface area (Å²) < 4.78 is 10.3. The molecule has 0 spiro atoms. The van der Waals surface area contributed by atoms with Crippen LogP contribution in [0.3, 0.4) is 0 Å². The molecule has 0 aliphatic rings. The second-order valence-corrected chi connectivity index (χ2v) is 3.75. The zero-order valence-corrected chi connectivity index (χ0v) is 10.1. The summed E-state index contributed by atoms with van der Waals surface area (Å²) in [7, 11) is 1.68. The molecule has 1 unspecified atom stereocenters. The van der Waals surface area contributed by atoms with E-state index in [1.54, 1.807) is 7.11 Å². The van der Waals surface area contributed by atoms with Gasteiger partial charge in [0.05, 0.1) is 13.2 Å². The topological polar surface area (TPSA) is 56.5 Å². The monoisotopic (exact) mass is 218 g/mol. The Morgan fingerprint density at radius 2 is 1.93 bits per heavy atom. The van der Waals surface area contributed by atoms with Crippen LogP contribution in [0.15, 0.2) is 0 Å². The lowest BCUT2D eigenvalue weighted by atomic mass is 10.1. The first kappa shape index (κ1) is 14.8. The highest BCUT2D eigenvalue weighted by atomic mass is 16.5. The van der Waals surface area contributed by atoms with Crippen LogP contribution in [0, 0.1) is 0 Å². The Labute approximate surface area is 93.5 Å². The summed E-state index contributed by atoms with van der Waals surface area (Å²) in [4.78, 5) is 0. The molecule has 0 fully saturated rings. The Morgan fingerprint density at radius 3 is 2.53 bits per heavy atom. The van der Waals surface area contributed by atoms with Crippen LogP contribution >= 0.6 is 0 Å². The van der Waals surface area contributed by atoms with Gasteiger partial charge in [-0.25, -0.2) is 0 Å². The second kappa shape index (κ2) is 11.9. The first-order valence-electron chi connectivity index (χ1n) is 5.88. The van der Waals surface area contributed by atoms with Crippen LogP contribution in [0.25, 0.3) is 0 Å². The molecule has 0 bridgehead atoms. The van der Waals surface area contributed by atoms with Crippen LogP contribution in [0.1, 0.15) is 39.0 Å². The molecule has 0 saturated carbocycles. The van der Waals surface area contributed by atoms with Gasteiger partial charge in [-0.15, -0.1) is 0 Å². The molecule has 0 heterocycles. The van der Waals surface area contributed by atoms with Gasteiger partial charge >= 0.3 is 0 Å². The zero-order valence-electron chi connectivity index (χ0n) is 10.1. The highest BCUT2D eigenvalue weighted by molar-refractivity contribution is 4.62. The Bertz CT molecular complexity index is 123. The molecular formula is C11H26N2O2. The van der Waals surface area contributed by atoms with Crippen molar-refractivity contribution >= 4 is 0 Å². The number of methoxy groups -OCH3 is 1. The number of nitrogens with one attached hydrogen (secondary N) is 1. The van der Waals surface area contributed by atoms with E-state index in [-0.39, 0.29) is 0 Å². The molecule has 0 aliphatic heterocycles. The molecule has 0 saturated heterocycles. The predicted molar refractivity (Wildman–Crippen MR) is 62.6 cm³/mol. The van der Waals surface area contributed by atoms with E-state index in [2.05, 4.69) is 12.3 Å². The Hall–Kier alpha value is -0.160. The third-order valence-corrected chi connectivity index (χ3v) is 2.43. The van der Waals surface area contributed by atoms with E-state index < -0.39 is 0 Å². The van der Waals surface area contributed by atoms with Gasteiger partial charge in [0.15, 0.2) is 0 Å². The van der Waals surface area contributed by atoms with Crippen molar-refractivity contribution < 1.29 is 9.47 Å². The second-order valence-electron chi connectivity index (χ2n) is 3.75. The largest absolute Gasteiger partial charge is 0.382 e. The number of hydrogen-bond donors (Lipinski definition) is 2. The van der Waals surface area contributed by atoms with Crippen molar-refractivity contribution in [2.24, 2.45) is 5.84 Å². The average Bonchev–Trinajstić information content (AvgIpc) is 2.26. The molecule has 92 valence electrons. The summed E-state index contributed by atoms with van der Waals surface area (Å²) >= 11 is 0. The minimum atomic E-state index is 0.388. The van der Waals surface area contributed by atoms with E-state index in [1.807, 2.05) is 0 Å². The Morgan fingerprint density at radius 1 is 1.13 bits per heavy atom. The number of hydrogen-bond acceptors (Lipinski definition) is 4. The Kier molecular flexibility index (Phi) is 11.8. The molecule has 4 nitrogen and oxygen atoms in total. The minimum absolute atomic E-state index is 0.388. The maximum absolute atomic E-state index is 5.47. The fourth-order valence-corrected chi connectivity index (χ4v) is 1.42. The first-order chi connectivity index (χ1) is 7.35. The molecule has 0 aromatic heterocycles. The quantitative estimate of drug-likeness (QED) is 0.313. The van der Waals surface area contributed by atoms with Gasteiger partial charge in [0, 0.05) is 19.8 Å². The van der Waals surface area contributed by atoms with Crippen LogP contribution in [-0.2, 0) is 9.47 Å². The average molecular weight is 218 g/mol. The van der Waals surface area contributed by atoms with E-state index >= 15 is 0 Å². The van der Waals surface area contributed by atoms with E-state index in [9.17, 15) is 0 Å². The fourth-order valence-electron chi connectivity index (χ4n) is 1.42. The number of hydrazine groups is 1. The maximum Gasteiger partial charge on any atom is 0.0700 e. The summed E-state index contributed by atoms with van der Waals surface area (Å²) in [6, 6.07) is 0.388. The Balaban J connectivity index is 3.28. The van der Waals surface area contributed by atoms with Gasteiger partial charge in [0.1, 0.15) is 0 Å². The van der Waals surface area contributed by atoms with Gasteiger partial charge < -0.3 is 9.47 Å². The summed E-state index contributed by atoms with van der Waals surface area (Å²) in [5.41, 5.74) is 2.84. The number of nitrogens with two attached hydrogens (primary N) is 1. The molecule has 0 aromatic carbocycles. The van der Waals surface area contributed by atoms with Gasteiger partial charge in [0.25, 0.3) is 0 Å². The van der Waals surface area contributed by atoms with Gasteiger partial charge in [-0.1, -0.05) is 26.2 Å². The summed E-state index contributed by atoms with van der Waals surface area (Å²) in [6.07, 6.45) is 5.88. The van der Waals surface area contributed by atoms with Crippen LogP contribution < -0.4 is 11.3 Å².